The standard InChI is InChI=1S/C22H25FN4O2/c1-25(2)14-15-26(16-17-6-4-5-7-20(17)23)22(28)21-12-13-27(24-21)18-8-10-19(29-3)11-9-18/h4-13H,14-16H2,1-3H3. The number of nitrogens with zero attached hydrogens (tertiary/aromatic N) is 4. The van der Waals surface area contributed by atoms with E-state index in [0.29, 0.717) is 24.3 Å². The van der Waals surface area contributed by atoms with E-state index < -0.39 is 0 Å². The molecule has 3 aromatic rings. The smallest absolute Gasteiger partial charge is 0.274 e. The molecule has 1 amide bonds. The van der Waals surface area contributed by atoms with E-state index in [4.69, 9.17) is 4.74 Å². The molecule has 0 spiro atoms. The first kappa shape index (κ1) is 20.5. The highest BCUT2D eigenvalue weighted by molar-refractivity contribution is 5.92. The van der Waals surface area contributed by atoms with Gasteiger partial charge < -0.3 is 14.5 Å². The highest BCUT2D eigenvalue weighted by Crippen LogP contribution is 2.16. The zero-order chi connectivity index (χ0) is 20.8. The number of hydrogen-bond acceptors (Lipinski definition) is 4. The van der Waals surface area contributed by atoms with E-state index in [0.717, 1.165) is 11.4 Å². The van der Waals surface area contributed by atoms with E-state index in [2.05, 4.69) is 5.10 Å². The Morgan fingerprint density at radius 2 is 1.79 bits per heavy atom. The third-order valence-electron chi connectivity index (χ3n) is 4.57. The topological polar surface area (TPSA) is 50.6 Å². The van der Waals surface area contributed by atoms with Crippen LogP contribution in [0.15, 0.2) is 60.8 Å². The van der Waals surface area contributed by atoms with Crippen molar-refractivity contribution in [1.82, 2.24) is 19.6 Å². The summed E-state index contributed by atoms with van der Waals surface area (Å²) in [6, 6.07) is 15.6. The number of likely N-dealkylation sites (N-methyl/N-ethyl adjacent to an activating group) is 1. The lowest BCUT2D eigenvalue weighted by molar-refractivity contribution is 0.0724. The van der Waals surface area contributed by atoms with Gasteiger partial charge in [-0.1, -0.05) is 18.2 Å². The second kappa shape index (κ2) is 9.34. The maximum absolute atomic E-state index is 14.1. The van der Waals surface area contributed by atoms with Gasteiger partial charge in [0.25, 0.3) is 5.91 Å². The molecule has 0 saturated carbocycles. The summed E-state index contributed by atoms with van der Waals surface area (Å²) >= 11 is 0. The van der Waals surface area contributed by atoms with Crippen molar-refractivity contribution in [1.29, 1.82) is 0 Å². The number of carbonyl (C=O) groups excluding carboxylic acids is 1. The average Bonchev–Trinajstić information content (AvgIpc) is 3.22. The predicted octanol–water partition coefficient (Wildman–Crippen LogP) is 3.22. The Labute approximate surface area is 170 Å². The van der Waals surface area contributed by atoms with E-state index >= 15 is 0 Å². The molecule has 0 fully saturated rings. The number of benzene rings is 2. The molecule has 7 heteroatoms. The van der Waals surface area contributed by atoms with Crippen molar-refractivity contribution in [2.24, 2.45) is 0 Å². The van der Waals surface area contributed by atoms with Crippen LogP contribution in [0.5, 0.6) is 5.75 Å². The Balaban J connectivity index is 1.81. The summed E-state index contributed by atoms with van der Waals surface area (Å²) in [4.78, 5) is 16.7. The predicted molar refractivity (Wildman–Crippen MR) is 110 cm³/mol. The van der Waals surface area contributed by atoms with Gasteiger partial charge in [-0.15, -0.1) is 0 Å². The zero-order valence-corrected chi connectivity index (χ0v) is 16.9. The average molecular weight is 396 g/mol. The summed E-state index contributed by atoms with van der Waals surface area (Å²) in [5, 5.41) is 4.43. The van der Waals surface area contributed by atoms with Crippen LogP contribution in [0.1, 0.15) is 16.1 Å². The van der Waals surface area contributed by atoms with Gasteiger partial charge in [0.05, 0.1) is 12.8 Å². The van der Waals surface area contributed by atoms with Crippen molar-refractivity contribution in [2.75, 3.05) is 34.3 Å². The summed E-state index contributed by atoms with van der Waals surface area (Å²) in [7, 11) is 5.48. The number of rotatable bonds is 8. The SMILES string of the molecule is COc1ccc(-n2ccc(C(=O)N(CCN(C)C)Cc3ccccc3F)n2)cc1. The van der Waals surface area contributed by atoms with Gasteiger partial charge >= 0.3 is 0 Å². The molecule has 1 heterocycles. The minimum Gasteiger partial charge on any atom is -0.497 e. The summed E-state index contributed by atoms with van der Waals surface area (Å²) in [5.74, 6) is 0.193. The highest BCUT2D eigenvalue weighted by Gasteiger charge is 2.20. The van der Waals surface area contributed by atoms with Crippen LogP contribution in [0.4, 0.5) is 4.39 Å². The van der Waals surface area contributed by atoms with Crippen LogP contribution in [-0.4, -0.2) is 59.8 Å². The fourth-order valence-electron chi connectivity index (χ4n) is 2.88. The van der Waals surface area contributed by atoms with Gasteiger partial charge in [0.2, 0.25) is 0 Å². The van der Waals surface area contributed by atoms with Crippen molar-refractivity contribution in [3.63, 3.8) is 0 Å². The Kier molecular flexibility index (Phi) is 6.61. The first-order chi connectivity index (χ1) is 14.0. The summed E-state index contributed by atoms with van der Waals surface area (Å²) in [5.41, 5.74) is 1.61. The largest absolute Gasteiger partial charge is 0.497 e. The van der Waals surface area contributed by atoms with Gasteiger partial charge in [-0.25, -0.2) is 9.07 Å². The molecular formula is C22H25FN4O2. The van der Waals surface area contributed by atoms with Crippen LogP contribution >= 0.6 is 0 Å². The number of methoxy groups -OCH3 is 1. The lowest BCUT2D eigenvalue weighted by Gasteiger charge is -2.24. The fourth-order valence-corrected chi connectivity index (χ4v) is 2.88. The first-order valence-corrected chi connectivity index (χ1v) is 9.35. The van der Waals surface area contributed by atoms with E-state index in [1.807, 2.05) is 43.3 Å². The van der Waals surface area contributed by atoms with Crippen LogP contribution in [-0.2, 0) is 6.54 Å². The van der Waals surface area contributed by atoms with Crippen LogP contribution in [0.3, 0.4) is 0 Å². The summed E-state index contributed by atoms with van der Waals surface area (Å²) in [6.45, 7) is 1.32. The molecule has 0 N–H and O–H groups in total. The molecule has 0 radical (unpaired) electrons. The molecular weight excluding hydrogens is 371 g/mol. The van der Waals surface area contributed by atoms with Gasteiger partial charge in [-0.3, -0.25) is 4.79 Å². The molecule has 0 unspecified atom stereocenters. The maximum Gasteiger partial charge on any atom is 0.274 e. The molecule has 2 aromatic carbocycles. The third-order valence-corrected chi connectivity index (χ3v) is 4.57. The van der Waals surface area contributed by atoms with Crippen LogP contribution in [0, 0.1) is 5.82 Å². The number of ether oxygens (including phenoxy) is 1. The lowest BCUT2D eigenvalue weighted by atomic mass is 10.2. The van der Waals surface area contributed by atoms with Crippen LogP contribution < -0.4 is 4.74 Å². The number of hydrogen-bond donors (Lipinski definition) is 0. The van der Waals surface area contributed by atoms with Gasteiger partial charge in [-0.2, -0.15) is 5.10 Å². The van der Waals surface area contributed by atoms with Crippen molar-refractivity contribution in [2.45, 2.75) is 6.54 Å². The molecule has 3 rings (SSSR count). The van der Waals surface area contributed by atoms with Crippen molar-refractivity contribution in [3.8, 4) is 11.4 Å². The number of halogens is 1. The molecule has 0 aliphatic rings. The quantitative estimate of drug-likeness (QED) is 0.587. The zero-order valence-electron chi connectivity index (χ0n) is 16.9. The van der Waals surface area contributed by atoms with Crippen LogP contribution in [0.2, 0.25) is 0 Å². The number of aromatic nitrogens is 2. The second-order valence-corrected chi connectivity index (χ2v) is 6.96. The first-order valence-electron chi connectivity index (χ1n) is 9.35. The minimum absolute atomic E-state index is 0.189. The van der Waals surface area contributed by atoms with Crippen molar-refractivity contribution >= 4 is 5.91 Å². The van der Waals surface area contributed by atoms with E-state index in [1.54, 1.807) is 47.2 Å². The molecule has 0 aliphatic carbocycles. The Bertz CT molecular complexity index is 953. The second-order valence-electron chi connectivity index (χ2n) is 6.96. The van der Waals surface area contributed by atoms with Gasteiger partial charge in [0.15, 0.2) is 5.69 Å². The van der Waals surface area contributed by atoms with E-state index in [1.165, 1.54) is 6.07 Å². The Morgan fingerprint density at radius 1 is 1.07 bits per heavy atom. The Morgan fingerprint density at radius 3 is 2.45 bits per heavy atom. The molecule has 152 valence electrons. The normalized spacial score (nSPS) is 10.9. The fraction of sp³-hybridized carbons (Fsp3) is 0.273. The summed E-state index contributed by atoms with van der Waals surface area (Å²) < 4.78 is 20.9. The van der Waals surface area contributed by atoms with Gasteiger partial charge in [0.1, 0.15) is 11.6 Å². The van der Waals surface area contributed by atoms with E-state index in [-0.39, 0.29) is 18.3 Å². The van der Waals surface area contributed by atoms with Crippen molar-refractivity contribution in [3.05, 3.63) is 77.9 Å². The Hall–Kier alpha value is -3.19. The molecule has 0 aliphatic heterocycles. The number of carbonyl (C=O) groups is 1. The third kappa shape index (κ3) is 5.20. The monoisotopic (exact) mass is 396 g/mol. The summed E-state index contributed by atoms with van der Waals surface area (Å²) in [6.07, 6.45) is 1.74. The molecule has 1 aromatic heterocycles. The minimum atomic E-state index is -0.320. The van der Waals surface area contributed by atoms with Gasteiger partial charge in [0, 0.05) is 31.4 Å². The van der Waals surface area contributed by atoms with Crippen LogP contribution in [0.25, 0.3) is 5.69 Å². The molecule has 0 bridgehead atoms. The van der Waals surface area contributed by atoms with E-state index in [9.17, 15) is 9.18 Å². The van der Waals surface area contributed by atoms with Crippen molar-refractivity contribution < 1.29 is 13.9 Å². The molecule has 0 atom stereocenters. The lowest BCUT2D eigenvalue weighted by Crippen LogP contribution is -2.36. The highest BCUT2D eigenvalue weighted by atomic mass is 19.1. The number of amides is 1. The molecule has 29 heavy (non-hydrogen) atoms. The van der Waals surface area contributed by atoms with Gasteiger partial charge in [-0.05, 0) is 50.5 Å². The maximum atomic E-state index is 14.1. The molecule has 6 nitrogen and oxygen atoms in total. The molecule has 0 saturated heterocycles.